The number of benzene rings is 4. The van der Waals surface area contributed by atoms with Crippen LogP contribution in [0.2, 0.25) is 0 Å². The zero-order chi connectivity index (χ0) is 24.5. The summed E-state index contributed by atoms with van der Waals surface area (Å²) in [5, 5.41) is 1.03. The number of hydrogen-bond donors (Lipinski definition) is 0. The van der Waals surface area contributed by atoms with E-state index in [-0.39, 0.29) is 0 Å². The van der Waals surface area contributed by atoms with Crippen LogP contribution >= 0.6 is 23.5 Å². The van der Waals surface area contributed by atoms with Crippen molar-refractivity contribution in [2.75, 3.05) is 0 Å². The standard InChI is InChI=1S/C34H30S2/c1-3-23-5-9-25(10-6-23)13-15-27-17-19-29-31(21-27)35-34-30-20-18-28(22-32(30)36-33(29)34)16-14-26-11-7-24(4-2)8-12-26/h5-22,33-34H,3-4H2,1-2H3. The lowest BCUT2D eigenvalue weighted by molar-refractivity contribution is 0.938. The van der Waals surface area contributed by atoms with Crippen LogP contribution in [0.4, 0.5) is 0 Å². The van der Waals surface area contributed by atoms with Crippen LogP contribution in [0.15, 0.2) is 94.7 Å². The summed E-state index contributed by atoms with van der Waals surface area (Å²) in [5.41, 5.74) is 10.8. The average molecular weight is 503 g/mol. The molecule has 2 heteroatoms. The van der Waals surface area contributed by atoms with Gasteiger partial charge < -0.3 is 0 Å². The summed E-state index contributed by atoms with van der Waals surface area (Å²) in [5.74, 6) is 0. The van der Waals surface area contributed by atoms with Crippen molar-refractivity contribution in [3.05, 3.63) is 129 Å². The summed E-state index contributed by atoms with van der Waals surface area (Å²) >= 11 is 4.07. The van der Waals surface area contributed by atoms with Gasteiger partial charge in [-0.15, -0.1) is 23.5 Å². The molecular formula is C34H30S2. The molecule has 0 nitrogen and oxygen atoms in total. The fraction of sp³-hybridized carbons (Fsp3) is 0.176. The van der Waals surface area contributed by atoms with Gasteiger partial charge in [0.1, 0.15) is 0 Å². The van der Waals surface area contributed by atoms with E-state index in [1.807, 2.05) is 23.5 Å². The van der Waals surface area contributed by atoms with Crippen LogP contribution in [0, 0.1) is 0 Å². The number of thioether (sulfide) groups is 2. The quantitative estimate of drug-likeness (QED) is 0.241. The predicted octanol–water partition coefficient (Wildman–Crippen LogP) is 10.1. The van der Waals surface area contributed by atoms with Gasteiger partial charge >= 0.3 is 0 Å². The van der Waals surface area contributed by atoms with Gasteiger partial charge in [0.15, 0.2) is 0 Å². The molecule has 0 aliphatic carbocycles. The van der Waals surface area contributed by atoms with E-state index in [1.54, 1.807) is 0 Å². The second-order valence-electron chi connectivity index (χ2n) is 9.53. The third kappa shape index (κ3) is 4.73. The lowest BCUT2D eigenvalue weighted by Gasteiger charge is -2.07. The molecule has 2 unspecified atom stereocenters. The Balaban J connectivity index is 1.16. The number of hydrogen-bond acceptors (Lipinski definition) is 2. The molecule has 36 heavy (non-hydrogen) atoms. The van der Waals surface area contributed by atoms with Crippen LogP contribution in [0.1, 0.15) is 68.9 Å². The van der Waals surface area contributed by atoms with Crippen LogP contribution in [0.3, 0.4) is 0 Å². The van der Waals surface area contributed by atoms with Crippen molar-refractivity contribution >= 4 is 47.8 Å². The van der Waals surface area contributed by atoms with Gasteiger partial charge in [-0.25, -0.2) is 0 Å². The van der Waals surface area contributed by atoms with E-state index < -0.39 is 0 Å². The van der Waals surface area contributed by atoms with Crippen molar-refractivity contribution < 1.29 is 0 Å². The first-order valence-electron chi connectivity index (χ1n) is 12.9. The lowest BCUT2D eigenvalue weighted by Crippen LogP contribution is -1.91. The van der Waals surface area contributed by atoms with Crippen molar-refractivity contribution in [3.8, 4) is 0 Å². The van der Waals surface area contributed by atoms with Crippen LogP contribution < -0.4 is 0 Å². The molecule has 0 aromatic heterocycles. The maximum Gasteiger partial charge on any atom is 0.0519 e. The predicted molar refractivity (Wildman–Crippen MR) is 160 cm³/mol. The fourth-order valence-corrected chi connectivity index (χ4v) is 8.25. The summed E-state index contributed by atoms with van der Waals surface area (Å²) < 4.78 is 0. The van der Waals surface area contributed by atoms with Crippen molar-refractivity contribution in [3.63, 3.8) is 0 Å². The Bertz CT molecular complexity index is 1330. The highest BCUT2D eigenvalue weighted by Gasteiger charge is 2.41. The Hall–Kier alpha value is -2.94. The van der Waals surface area contributed by atoms with Gasteiger partial charge in [-0.3, -0.25) is 0 Å². The molecule has 0 amide bonds. The van der Waals surface area contributed by atoms with Crippen molar-refractivity contribution in [1.82, 2.24) is 0 Å². The summed E-state index contributed by atoms with van der Waals surface area (Å²) in [6.07, 6.45) is 11.1. The normalized spacial score (nSPS) is 18.1. The minimum atomic E-state index is 0.514. The van der Waals surface area contributed by atoms with E-state index >= 15 is 0 Å². The zero-order valence-electron chi connectivity index (χ0n) is 20.8. The zero-order valence-corrected chi connectivity index (χ0v) is 22.4. The van der Waals surface area contributed by atoms with Gasteiger partial charge in [0.25, 0.3) is 0 Å². The van der Waals surface area contributed by atoms with Crippen LogP contribution in [0.5, 0.6) is 0 Å². The summed E-state index contributed by atoms with van der Waals surface area (Å²) in [6, 6.07) is 31.7. The first-order chi connectivity index (χ1) is 17.7. The van der Waals surface area contributed by atoms with E-state index in [0.717, 1.165) is 12.8 Å². The Morgan fingerprint density at radius 1 is 0.500 bits per heavy atom. The van der Waals surface area contributed by atoms with Gasteiger partial charge in [0, 0.05) is 9.79 Å². The van der Waals surface area contributed by atoms with Gasteiger partial charge in [0.05, 0.1) is 10.5 Å². The molecule has 0 N–H and O–H groups in total. The third-order valence-electron chi connectivity index (χ3n) is 7.18. The van der Waals surface area contributed by atoms with E-state index in [2.05, 4.69) is 123 Å². The highest BCUT2D eigenvalue weighted by molar-refractivity contribution is 8.05. The molecule has 4 aromatic rings. The highest BCUT2D eigenvalue weighted by atomic mass is 32.2. The van der Waals surface area contributed by atoms with Crippen molar-refractivity contribution in [2.45, 2.75) is 47.0 Å². The number of aryl methyl sites for hydroxylation is 2. The number of rotatable bonds is 6. The summed E-state index contributed by atoms with van der Waals surface area (Å²) in [4.78, 5) is 2.87. The molecule has 0 saturated heterocycles. The molecule has 0 bridgehead atoms. The second kappa shape index (κ2) is 10.2. The van der Waals surface area contributed by atoms with Crippen molar-refractivity contribution in [1.29, 1.82) is 0 Å². The highest BCUT2D eigenvalue weighted by Crippen LogP contribution is 2.66. The van der Waals surface area contributed by atoms with Gasteiger partial charge in [0.2, 0.25) is 0 Å². The molecule has 2 aliphatic heterocycles. The minimum Gasteiger partial charge on any atom is -0.116 e. The summed E-state index contributed by atoms with van der Waals surface area (Å²) in [7, 11) is 0. The Labute approximate surface area is 223 Å². The number of fused-ring (bicyclic) bond motifs is 5. The largest absolute Gasteiger partial charge is 0.116 e. The molecule has 2 heterocycles. The molecule has 0 radical (unpaired) electrons. The Morgan fingerprint density at radius 2 is 0.861 bits per heavy atom. The first kappa shape index (κ1) is 23.5. The molecule has 178 valence electrons. The second-order valence-corrected chi connectivity index (χ2v) is 11.9. The van der Waals surface area contributed by atoms with Crippen LogP contribution in [-0.2, 0) is 12.8 Å². The molecule has 6 rings (SSSR count). The third-order valence-corrected chi connectivity index (χ3v) is 10.1. The van der Waals surface area contributed by atoms with Crippen LogP contribution in [-0.4, -0.2) is 0 Å². The van der Waals surface area contributed by atoms with E-state index in [0.29, 0.717) is 10.5 Å². The van der Waals surface area contributed by atoms with E-state index in [1.165, 1.54) is 54.3 Å². The molecule has 0 spiro atoms. The van der Waals surface area contributed by atoms with Gasteiger partial charge in [-0.05, 0) is 69.5 Å². The lowest BCUT2D eigenvalue weighted by atomic mass is 10.0. The first-order valence-corrected chi connectivity index (χ1v) is 14.6. The monoisotopic (exact) mass is 502 g/mol. The Morgan fingerprint density at radius 3 is 1.25 bits per heavy atom. The Kier molecular flexibility index (Phi) is 6.65. The molecule has 2 aliphatic rings. The minimum absolute atomic E-state index is 0.514. The van der Waals surface area contributed by atoms with Crippen LogP contribution in [0.25, 0.3) is 24.3 Å². The van der Waals surface area contributed by atoms with Gasteiger partial charge in [-0.1, -0.05) is 111 Å². The van der Waals surface area contributed by atoms with E-state index in [9.17, 15) is 0 Å². The maximum atomic E-state index is 2.37. The maximum absolute atomic E-state index is 2.37. The smallest absolute Gasteiger partial charge is 0.0519 e. The topological polar surface area (TPSA) is 0 Å². The molecule has 0 fully saturated rings. The average Bonchev–Trinajstić information content (AvgIpc) is 3.46. The molecule has 4 aromatic carbocycles. The van der Waals surface area contributed by atoms with E-state index in [4.69, 9.17) is 0 Å². The molecule has 2 atom stereocenters. The van der Waals surface area contributed by atoms with Crippen molar-refractivity contribution in [2.24, 2.45) is 0 Å². The fourth-order valence-electron chi connectivity index (χ4n) is 4.95. The molecule has 0 saturated carbocycles. The molecular weight excluding hydrogens is 473 g/mol. The SMILES string of the molecule is CCc1ccc(C=Cc2ccc3c(c2)SC2c4ccc(C=Cc5ccc(CC)cc5)cc4SC32)cc1. The van der Waals surface area contributed by atoms with Gasteiger partial charge in [-0.2, -0.15) is 0 Å². The summed E-state index contributed by atoms with van der Waals surface area (Å²) in [6.45, 7) is 4.39.